The number of ether oxygens (including phenoxy) is 1. The van der Waals surface area contributed by atoms with E-state index in [9.17, 15) is 5.11 Å². The van der Waals surface area contributed by atoms with Crippen molar-refractivity contribution in [1.29, 1.82) is 0 Å². The molecule has 2 rings (SSSR count). The summed E-state index contributed by atoms with van der Waals surface area (Å²) in [6.45, 7) is 0.871. The fraction of sp³-hybridized carbons (Fsp3) is 0.625. The number of rotatable bonds is 1. The first-order chi connectivity index (χ1) is 6.18. The highest BCUT2D eigenvalue weighted by molar-refractivity contribution is 5.53. The summed E-state index contributed by atoms with van der Waals surface area (Å²) in [5.74, 6) is 0.746. The third-order valence-corrected chi connectivity index (χ3v) is 2.05. The molecule has 1 atom stereocenters. The second-order valence-electron chi connectivity index (χ2n) is 3.38. The Hall–Kier alpha value is -1.23. The lowest BCUT2D eigenvalue weighted by molar-refractivity contribution is 0.0561. The van der Waals surface area contributed by atoms with Crippen LogP contribution in [0.5, 0.6) is 5.88 Å². The molecule has 1 unspecified atom stereocenters. The quantitative estimate of drug-likeness (QED) is 0.649. The van der Waals surface area contributed by atoms with E-state index in [2.05, 4.69) is 5.10 Å². The molecule has 0 saturated carbocycles. The van der Waals surface area contributed by atoms with Gasteiger partial charge in [-0.3, -0.25) is 0 Å². The van der Waals surface area contributed by atoms with E-state index in [1.807, 2.05) is 19.0 Å². The highest BCUT2D eigenvalue weighted by atomic mass is 16.5. The van der Waals surface area contributed by atoms with E-state index in [1.54, 1.807) is 10.9 Å². The number of fused-ring (bicyclic) bond motifs is 1. The molecule has 1 N–H and O–H groups in total. The van der Waals surface area contributed by atoms with Crippen molar-refractivity contribution in [2.75, 3.05) is 25.6 Å². The summed E-state index contributed by atoms with van der Waals surface area (Å²) in [4.78, 5) is 1.94. The summed E-state index contributed by atoms with van der Waals surface area (Å²) in [7, 11) is 3.87. The molecule has 13 heavy (non-hydrogen) atoms. The van der Waals surface area contributed by atoms with E-state index in [4.69, 9.17) is 4.74 Å². The molecule has 72 valence electrons. The van der Waals surface area contributed by atoms with Gasteiger partial charge in [-0.1, -0.05) is 0 Å². The lowest BCUT2D eigenvalue weighted by atomic mass is 10.3. The van der Waals surface area contributed by atoms with Gasteiger partial charge >= 0.3 is 0 Å². The van der Waals surface area contributed by atoms with Gasteiger partial charge in [-0.15, -0.1) is 0 Å². The molecular weight excluding hydrogens is 170 g/mol. The molecule has 0 saturated heterocycles. The first-order valence-corrected chi connectivity index (χ1v) is 4.22. The Morgan fingerprint density at radius 1 is 1.69 bits per heavy atom. The van der Waals surface area contributed by atoms with Crippen LogP contribution in [0.1, 0.15) is 0 Å². The number of hydrogen-bond acceptors (Lipinski definition) is 4. The van der Waals surface area contributed by atoms with Gasteiger partial charge in [0.05, 0.1) is 12.7 Å². The molecule has 5 heteroatoms. The molecule has 1 aliphatic rings. The van der Waals surface area contributed by atoms with E-state index in [0.29, 0.717) is 13.2 Å². The van der Waals surface area contributed by atoms with Crippen LogP contribution >= 0.6 is 0 Å². The largest absolute Gasteiger partial charge is 0.474 e. The Bertz CT molecular complexity index is 308. The summed E-state index contributed by atoms with van der Waals surface area (Å²) in [6.07, 6.45) is 1.30. The molecular formula is C8H13N3O2. The Labute approximate surface area is 76.5 Å². The first-order valence-electron chi connectivity index (χ1n) is 4.22. The monoisotopic (exact) mass is 183 g/mol. The Morgan fingerprint density at radius 3 is 3.15 bits per heavy atom. The van der Waals surface area contributed by atoms with Crippen molar-refractivity contribution in [2.45, 2.75) is 12.6 Å². The Balaban J connectivity index is 2.33. The normalized spacial score (nSPS) is 20.7. The number of aliphatic hydroxyl groups excluding tert-OH is 1. The van der Waals surface area contributed by atoms with E-state index in [1.165, 1.54) is 0 Å². The minimum atomic E-state index is -0.442. The molecule has 0 spiro atoms. The van der Waals surface area contributed by atoms with Gasteiger partial charge in [0.2, 0.25) is 5.88 Å². The van der Waals surface area contributed by atoms with Crippen molar-refractivity contribution >= 4 is 5.69 Å². The average molecular weight is 183 g/mol. The zero-order valence-electron chi connectivity index (χ0n) is 7.77. The second kappa shape index (κ2) is 2.92. The highest BCUT2D eigenvalue weighted by Crippen LogP contribution is 2.28. The molecule has 2 heterocycles. The number of aromatic nitrogens is 2. The number of hydrogen-bond donors (Lipinski definition) is 1. The number of anilines is 1. The van der Waals surface area contributed by atoms with Crippen LogP contribution in [-0.2, 0) is 6.54 Å². The topological polar surface area (TPSA) is 50.5 Å². The lowest BCUT2D eigenvalue weighted by Gasteiger charge is -2.22. The smallest absolute Gasteiger partial charge is 0.236 e. The molecule has 1 aliphatic heterocycles. The highest BCUT2D eigenvalue weighted by Gasteiger charge is 2.22. The van der Waals surface area contributed by atoms with Crippen LogP contribution in [0, 0.1) is 0 Å². The van der Waals surface area contributed by atoms with Crippen LogP contribution in [-0.4, -0.2) is 41.7 Å². The Kier molecular flexibility index (Phi) is 1.88. The third-order valence-electron chi connectivity index (χ3n) is 2.05. The maximum Gasteiger partial charge on any atom is 0.236 e. The summed E-state index contributed by atoms with van der Waals surface area (Å²) >= 11 is 0. The SMILES string of the molecule is CN(C)c1cnn2c1OCC(O)C2. The van der Waals surface area contributed by atoms with Crippen molar-refractivity contribution in [3.63, 3.8) is 0 Å². The average Bonchev–Trinajstić information content (AvgIpc) is 2.46. The van der Waals surface area contributed by atoms with Gasteiger partial charge in [-0.25, -0.2) is 4.68 Å². The zero-order chi connectivity index (χ0) is 9.42. The predicted octanol–water partition coefficient (Wildman–Crippen LogP) is -0.298. The number of aliphatic hydroxyl groups is 1. The Morgan fingerprint density at radius 2 is 2.46 bits per heavy atom. The summed E-state index contributed by atoms with van der Waals surface area (Å²) < 4.78 is 7.06. The van der Waals surface area contributed by atoms with E-state index < -0.39 is 6.10 Å². The van der Waals surface area contributed by atoms with Gasteiger partial charge in [0, 0.05) is 14.1 Å². The van der Waals surface area contributed by atoms with Crippen LogP contribution in [0.15, 0.2) is 6.20 Å². The van der Waals surface area contributed by atoms with Gasteiger partial charge in [0.1, 0.15) is 18.4 Å². The van der Waals surface area contributed by atoms with Gasteiger partial charge in [0.25, 0.3) is 0 Å². The maximum absolute atomic E-state index is 9.30. The summed E-state index contributed by atoms with van der Waals surface area (Å²) in [6, 6.07) is 0. The van der Waals surface area contributed by atoms with Crippen molar-refractivity contribution < 1.29 is 9.84 Å². The van der Waals surface area contributed by atoms with Crippen LogP contribution < -0.4 is 9.64 Å². The second-order valence-corrected chi connectivity index (χ2v) is 3.38. The van der Waals surface area contributed by atoms with Gasteiger partial charge in [0.15, 0.2) is 0 Å². The predicted molar refractivity (Wildman–Crippen MR) is 48.1 cm³/mol. The molecule has 1 aromatic rings. The maximum atomic E-state index is 9.30. The zero-order valence-corrected chi connectivity index (χ0v) is 7.77. The van der Waals surface area contributed by atoms with Crippen LogP contribution in [0.4, 0.5) is 5.69 Å². The van der Waals surface area contributed by atoms with Crippen LogP contribution in [0.3, 0.4) is 0 Å². The summed E-state index contributed by atoms with van der Waals surface area (Å²) in [5.41, 5.74) is 0.951. The van der Waals surface area contributed by atoms with E-state index in [-0.39, 0.29) is 0 Å². The molecule has 1 aromatic heterocycles. The minimum Gasteiger partial charge on any atom is -0.474 e. The summed E-state index contributed by atoms with van der Waals surface area (Å²) in [5, 5.41) is 13.4. The van der Waals surface area contributed by atoms with Crippen LogP contribution in [0.25, 0.3) is 0 Å². The fourth-order valence-electron chi connectivity index (χ4n) is 1.38. The minimum absolute atomic E-state index is 0.354. The lowest BCUT2D eigenvalue weighted by Crippen LogP contribution is -2.30. The molecule has 0 bridgehead atoms. The molecule has 0 radical (unpaired) electrons. The van der Waals surface area contributed by atoms with Gasteiger partial charge in [-0.05, 0) is 0 Å². The number of nitrogens with zero attached hydrogens (tertiary/aromatic N) is 3. The van der Waals surface area contributed by atoms with Gasteiger partial charge < -0.3 is 14.7 Å². The fourth-order valence-corrected chi connectivity index (χ4v) is 1.38. The van der Waals surface area contributed by atoms with Crippen molar-refractivity contribution in [2.24, 2.45) is 0 Å². The van der Waals surface area contributed by atoms with Crippen molar-refractivity contribution in [1.82, 2.24) is 9.78 Å². The standard InChI is InChI=1S/C8H13N3O2/c1-10(2)7-3-9-11-4-6(12)5-13-8(7)11/h3,6,12H,4-5H2,1-2H3. The van der Waals surface area contributed by atoms with Crippen molar-refractivity contribution in [3.8, 4) is 5.88 Å². The van der Waals surface area contributed by atoms with E-state index in [0.717, 1.165) is 11.6 Å². The first kappa shape index (κ1) is 8.37. The van der Waals surface area contributed by atoms with Gasteiger partial charge in [-0.2, -0.15) is 5.10 Å². The third kappa shape index (κ3) is 1.35. The molecule has 0 aliphatic carbocycles. The molecule has 0 aromatic carbocycles. The van der Waals surface area contributed by atoms with Crippen LogP contribution in [0.2, 0.25) is 0 Å². The van der Waals surface area contributed by atoms with E-state index >= 15 is 0 Å². The molecule has 0 amide bonds. The van der Waals surface area contributed by atoms with Crippen molar-refractivity contribution in [3.05, 3.63) is 6.20 Å². The molecule has 0 fully saturated rings. The molecule has 5 nitrogen and oxygen atoms in total.